The van der Waals surface area contributed by atoms with Gasteiger partial charge in [0.05, 0.1) is 39.5 Å². The van der Waals surface area contributed by atoms with Gasteiger partial charge in [0, 0.05) is 31.2 Å². The number of hydrogen-bond donors (Lipinski definition) is 5. The molecule has 1 saturated heterocycles. The van der Waals surface area contributed by atoms with Crippen molar-refractivity contribution in [1.82, 2.24) is 19.9 Å². The zero-order chi connectivity index (χ0) is 18.1. The maximum Gasteiger partial charge on any atom is 0.131 e. The number of nitrogens with zero attached hydrogens (tertiary/aromatic N) is 2. The van der Waals surface area contributed by atoms with Crippen LogP contribution in [0.1, 0.15) is 24.2 Å². The van der Waals surface area contributed by atoms with Crippen LogP contribution in [-0.2, 0) is 5.41 Å². The van der Waals surface area contributed by atoms with Crippen LogP contribution < -0.4 is 9.26 Å². The first-order valence-corrected chi connectivity index (χ1v) is 9.78. The fourth-order valence-corrected chi connectivity index (χ4v) is 4.16. The van der Waals surface area contributed by atoms with Crippen LogP contribution in [0.2, 0.25) is 0 Å². The topological polar surface area (TPSA) is 110 Å². The summed E-state index contributed by atoms with van der Waals surface area (Å²) in [5.41, 5.74) is 8.98. The van der Waals surface area contributed by atoms with E-state index in [1.807, 2.05) is 36.5 Å². The van der Waals surface area contributed by atoms with Crippen molar-refractivity contribution in [3.8, 4) is 0 Å². The quantitative estimate of drug-likeness (QED) is 0.177. The number of aromatic amines is 2. The number of para-hydroxylation sites is 2. The highest BCUT2D eigenvalue weighted by molar-refractivity contribution is 14.1. The van der Waals surface area contributed by atoms with Crippen molar-refractivity contribution in [1.29, 1.82) is 5.41 Å². The molecule has 0 unspecified atom stereocenters. The average Bonchev–Trinajstić information content (AvgIpc) is 3.34. The number of hydrogen-bond acceptors (Lipinski definition) is 4. The average molecular weight is 463 g/mol. The number of H-pyrrole nitrogens is 2. The number of benzene rings is 1. The lowest BCUT2D eigenvalue weighted by Crippen LogP contribution is -2.49. The van der Waals surface area contributed by atoms with Crippen molar-refractivity contribution in [3.63, 3.8) is 0 Å². The molecule has 0 saturated carbocycles. The van der Waals surface area contributed by atoms with Crippen LogP contribution in [0, 0.1) is 5.41 Å². The van der Waals surface area contributed by atoms with Gasteiger partial charge in [0.25, 0.3) is 0 Å². The number of piperidine rings is 1. The Morgan fingerprint density at radius 1 is 1.31 bits per heavy atom. The van der Waals surface area contributed by atoms with E-state index in [4.69, 9.17) is 16.1 Å². The number of nitrogens with two attached hydrogens (primary N) is 1. The molecule has 0 aliphatic carbocycles. The van der Waals surface area contributed by atoms with Gasteiger partial charge in [-0.2, -0.15) is 0 Å². The summed E-state index contributed by atoms with van der Waals surface area (Å²) in [6.45, 7) is 2.14. The van der Waals surface area contributed by atoms with Gasteiger partial charge in [-0.05, 0) is 31.0 Å². The molecule has 0 bridgehead atoms. The van der Waals surface area contributed by atoms with Gasteiger partial charge in [-0.25, -0.2) is 4.98 Å². The molecule has 1 fully saturated rings. The highest BCUT2D eigenvalue weighted by atomic mass is 127. The number of aromatic nitrogens is 3. The fourth-order valence-electron chi connectivity index (χ4n) is 3.72. The third-order valence-electron chi connectivity index (χ3n) is 5.42. The number of nitrogens with one attached hydrogen (secondary N) is 4. The molecular weight excluding hydrogens is 441 g/mol. The highest BCUT2D eigenvalue weighted by Gasteiger charge is 2.38. The van der Waals surface area contributed by atoms with Gasteiger partial charge in [-0.1, -0.05) is 12.1 Å². The summed E-state index contributed by atoms with van der Waals surface area (Å²) in [6.07, 6.45) is 3.61. The number of imidazole rings is 1. The zero-order valence-corrected chi connectivity index (χ0v) is 16.5. The van der Waals surface area contributed by atoms with Gasteiger partial charge in [-0.3, -0.25) is 5.41 Å². The number of halogens is 1. The van der Waals surface area contributed by atoms with Crippen molar-refractivity contribution in [2.45, 2.75) is 18.3 Å². The van der Waals surface area contributed by atoms with Crippen LogP contribution in [-0.4, -0.2) is 45.3 Å². The van der Waals surface area contributed by atoms with Crippen molar-refractivity contribution in [2.24, 2.45) is 5.73 Å². The number of likely N-dealkylation sites (tertiary alicyclic amines) is 1. The summed E-state index contributed by atoms with van der Waals surface area (Å²) in [5, 5.41) is 8.57. The Labute approximate surface area is 165 Å². The summed E-state index contributed by atoms with van der Waals surface area (Å²) in [7, 11) is 0. The number of fused-ring (bicyclic) bond motifs is 1. The lowest BCUT2D eigenvalue weighted by Gasteiger charge is -2.40. The van der Waals surface area contributed by atoms with Gasteiger partial charge >= 0.3 is 0 Å². The highest BCUT2D eigenvalue weighted by Crippen LogP contribution is 2.34. The number of rotatable bonds is 4. The van der Waals surface area contributed by atoms with Gasteiger partial charge in [0.2, 0.25) is 0 Å². The Morgan fingerprint density at radius 2 is 2.08 bits per heavy atom. The molecule has 6 N–H and O–H groups in total. The van der Waals surface area contributed by atoms with E-state index in [1.165, 1.54) is 0 Å². The molecule has 1 aliphatic rings. The first kappa shape index (κ1) is 17.3. The third kappa shape index (κ3) is 2.86. The van der Waals surface area contributed by atoms with Gasteiger partial charge in [-0.15, -0.1) is 0 Å². The molecular formula is C18H22IN7. The largest absolute Gasteiger partial charge is 0.356 e. The smallest absolute Gasteiger partial charge is 0.131 e. The SMILES string of the molecule is N=C(c1cc[nH]c1NI)N1CCC(CN)(c2nc3ccccc3[nH]2)CC1. The van der Waals surface area contributed by atoms with E-state index in [2.05, 4.69) is 41.3 Å². The van der Waals surface area contributed by atoms with Crippen molar-refractivity contribution < 1.29 is 0 Å². The molecule has 7 nitrogen and oxygen atoms in total. The van der Waals surface area contributed by atoms with Gasteiger partial charge in [0.15, 0.2) is 0 Å². The van der Waals surface area contributed by atoms with Crippen molar-refractivity contribution in [3.05, 3.63) is 47.9 Å². The molecule has 0 radical (unpaired) electrons. The Morgan fingerprint density at radius 3 is 2.77 bits per heavy atom. The maximum atomic E-state index is 8.57. The summed E-state index contributed by atoms with van der Waals surface area (Å²) in [5.74, 6) is 2.38. The van der Waals surface area contributed by atoms with Crippen LogP contribution in [0.3, 0.4) is 0 Å². The first-order chi connectivity index (χ1) is 12.7. The predicted molar refractivity (Wildman–Crippen MR) is 113 cm³/mol. The summed E-state index contributed by atoms with van der Waals surface area (Å²) < 4.78 is 3.08. The minimum Gasteiger partial charge on any atom is -0.356 e. The minimum atomic E-state index is -0.154. The first-order valence-electron chi connectivity index (χ1n) is 8.70. The van der Waals surface area contributed by atoms with Crippen LogP contribution >= 0.6 is 22.9 Å². The molecule has 8 heteroatoms. The second-order valence-electron chi connectivity index (χ2n) is 6.78. The second kappa shape index (κ2) is 6.92. The summed E-state index contributed by atoms with van der Waals surface area (Å²) in [6, 6.07) is 10.0. The van der Waals surface area contributed by atoms with E-state index in [1.54, 1.807) is 0 Å². The Hall–Kier alpha value is -2.07. The third-order valence-corrected chi connectivity index (χ3v) is 5.96. The zero-order valence-electron chi connectivity index (χ0n) is 14.3. The van der Waals surface area contributed by atoms with E-state index in [9.17, 15) is 0 Å². The molecule has 3 heterocycles. The minimum absolute atomic E-state index is 0.154. The van der Waals surface area contributed by atoms with Crippen LogP contribution in [0.25, 0.3) is 11.0 Å². The maximum absolute atomic E-state index is 8.57. The normalized spacial score (nSPS) is 16.8. The van der Waals surface area contributed by atoms with E-state index in [0.717, 1.165) is 54.2 Å². The summed E-state index contributed by atoms with van der Waals surface area (Å²) in [4.78, 5) is 13.5. The molecule has 3 aromatic rings. The second-order valence-corrected chi connectivity index (χ2v) is 7.32. The van der Waals surface area contributed by atoms with Gasteiger partial charge < -0.3 is 24.1 Å². The van der Waals surface area contributed by atoms with Crippen LogP contribution in [0.5, 0.6) is 0 Å². The molecule has 136 valence electrons. The standard InChI is InChI=1S/C18H22IN7/c19-25-16-12(5-8-22-16)15(21)26-9-6-18(11-20,7-10-26)17-23-13-3-1-2-4-14(13)24-17/h1-5,8,21-22,25H,6-7,9-11,20H2,(H,23,24). The summed E-state index contributed by atoms with van der Waals surface area (Å²) >= 11 is 2.08. The molecule has 0 spiro atoms. The van der Waals surface area contributed by atoms with Crippen LogP contribution in [0.4, 0.5) is 5.82 Å². The lowest BCUT2D eigenvalue weighted by molar-refractivity contribution is 0.222. The van der Waals surface area contributed by atoms with Gasteiger partial charge in [0.1, 0.15) is 17.5 Å². The molecule has 4 rings (SSSR count). The van der Waals surface area contributed by atoms with E-state index in [0.29, 0.717) is 12.4 Å². The molecule has 1 aromatic carbocycles. The van der Waals surface area contributed by atoms with Crippen LogP contribution in [0.15, 0.2) is 36.5 Å². The predicted octanol–water partition coefficient (Wildman–Crippen LogP) is 2.97. The number of anilines is 1. The lowest BCUT2D eigenvalue weighted by atomic mass is 9.77. The fraction of sp³-hybridized carbons (Fsp3) is 0.333. The molecule has 26 heavy (non-hydrogen) atoms. The van der Waals surface area contributed by atoms with E-state index >= 15 is 0 Å². The molecule has 0 amide bonds. The van der Waals surface area contributed by atoms with E-state index in [-0.39, 0.29) is 5.41 Å². The molecule has 0 atom stereocenters. The number of amidine groups is 1. The van der Waals surface area contributed by atoms with Crippen molar-refractivity contribution >= 4 is 45.6 Å². The van der Waals surface area contributed by atoms with E-state index < -0.39 is 0 Å². The van der Waals surface area contributed by atoms with Crippen molar-refractivity contribution in [2.75, 3.05) is 23.2 Å². The molecule has 1 aliphatic heterocycles. The Kier molecular flexibility index (Phi) is 4.62. The Balaban J connectivity index is 1.54. The monoisotopic (exact) mass is 463 g/mol. The Bertz CT molecular complexity index is 887. The molecule has 2 aromatic heterocycles.